The molecule has 2 aromatic carbocycles. The van der Waals surface area contributed by atoms with Crippen molar-refractivity contribution in [3.63, 3.8) is 0 Å². The van der Waals surface area contributed by atoms with Crippen LogP contribution in [0.2, 0.25) is 0 Å². The summed E-state index contributed by atoms with van der Waals surface area (Å²) in [4.78, 5) is 11.1. The summed E-state index contributed by atoms with van der Waals surface area (Å²) >= 11 is 0. The smallest absolute Gasteiger partial charge is 0.336 e. The van der Waals surface area contributed by atoms with Gasteiger partial charge in [0.2, 0.25) is 0 Å². The van der Waals surface area contributed by atoms with Gasteiger partial charge in [0.15, 0.2) is 0 Å². The zero-order valence-corrected chi connectivity index (χ0v) is 11.8. The Balaban J connectivity index is 2.29. The van der Waals surface area contributed by atoms with Crippen LogP contribution in [0.5, 0.6) is 11.5 Å². The Labute approximate surface area is 122 Å². The minimum atomic E-state index is -0.973. The Morgan fingerprint density at radius 1 is 1.14 bits per heavy atom. The van der Waals surface area contributed by atoms with Crippen molar-refractivity contribution < 1.29 is 20.1 Å². The maximum Gasteiger partial charge on any atom is 0.336 e. The largest absolute Gasteiger partial charge is 0.508 e. The van der Waals surface area contributed by atoms with Crippen LogP contribution in [0.15, 0.2) is 36.4 Å². The molecule has 0 aromatic heterocycles. The van der Waals surface area contributed by atoms with Gasteiger partial charge in [0.25, 0.3) is 0 Å². The van der Waals surface area contributed by atoms with Crippen LogP contribution in [0.1, 0.15) is 34.5 Å². The first-order chi connectivity index (χ1) is 9.88. The van der Waals surface area contributed by atoms with E-state index >= 15 is 0 Å². The first-order valence-electron chi connectivity index (χ1n) is 6.51. The lowest BCUT2D eigenvalue weighted by atomic mass is 10.0. The number of phenolic OH excluding ortho intramolecular Hbond substituents is 2. The molecular formula is C16H17NO4. The number of carboxylic acid groups (broad SMARTS) is 1. The molecule has 0 saturated heterocycles. The number of carboxylic acids is 1. The number of nitrogens with one attached hydrogen (secondary N) is 1. The first-order valence-corrected chi connectivity index (χ1v) is 6.51. The number of phenols is 2. The Kier molecular flexibility index (Phi) is 4.03. The number of rotatable bonds is 4. The van der Waals surface area contributed by atoms with Gasteiger partial charge in [0.05, 0.1) is 5.56 Å². The van der Waals surface area contributed by atoms with E-state index in [4.69, 9.17) is 5.11 Å². The maximum atomic E-state index is 11.1. The minimum absolute atomic E-state index is 0.0188. The van der Waals surface area contributed by atoms with Crippen LogP contribution in [0.3, 0.4) is 0 Å². The molecule has 0 saturated carbocycles. The highest BCUT2D eigenvalue weighted by molar-refractivity contribution is 5.91. The van der Waals surface area contributed by atoms with Gasteiger partial charge in [-0.05, 0) is 49.2 Å². The van der Waals surface area contributed by atoms with E-state index in [1.54, 1.807) is 37.3 Å². The number of aromatic hydroxyl groups is 2. The standard InChI is InChI=1S/C16H17NO4/c1-9-14(16(20)21)4-3-5-15(9)17-10(2)11-6-12(18)8-13(19)7-11/h3-8,10,17-19H,1-2H3,(H,20,21). The van der Waals surface area contributed by atoms with Crippen LogP contribution < -0.4 is 5.32 Å². The summed E-state index contributed by atoms with van der Waals surface area (Å²) in [5.74, 6) is -1.01. The average Bonchev–Trinajstić information content (AvgIpc) is 2.39. The number of aromatic carboxylic acids is 1. The summed E-state index contributed by atoms with van der Waals surface area (Å²) < 4.78 is 0. The highest BCUT2D eigenvalue weighted by Crippen LogP contribution is 2.28. The lowest BCUT2D eigenvalue weighted by Gasteiger charge is -2.18. The molecule has 0 aliphatic carbocycles. The highest BCUT2D eigenvalue weighted by atomic mass is 16.4. The molecule has 0 heterocycles. The second kappa shape index (κ2) is 5.75. The van der Waals surface area contributed by atoms with E-state index in [-0.39, 0.29) is 23.1 Å². The molecule has 5 nitrogen and oxygen atoms in total. The van der Waals surface area contributed by atoms with Gasteiger partial charge >= 0.3 is 5.97 Å². The summed E-state index contributed by atoms with van der Waals surface area (Å²) in [6, 6.07) is 9.17. The minimum Gasteiger partial charge on any atom is -0.508 e. The van der Waals surface area contributed by atoms with Crippen LogP contribution in [0.4, 0.5) is 5.69 Å². The fourth-order valence-corrected chi connectivity index (χ4v) is 2.21. The quantitative estimate of drug-likeness (QED) is 0.693. The third-order valence-electron chi connectivity index (χ3n) is 3.36. The summed E-state index contributed by atoms with van der Waals surface area (Å²) in [7, 11) is 0. The van der Waals surface area contributed by atoms with Crippen LogP contribution >= 0.6 is 0 Å². The molecule has 110 valence electrons. The van der Waals surface area contributed by atoms with E-state index in [0.717, 1.165) is 0 Å². The summed E-state index contributed by atoms with van der Waals surface area (Å²) in [6.07, 6.45) is 0. The number of hydrogen-bond donors (Lipinski definition) is 4. The topological polar surface area (TPSA) is 89.8 Å². The summed E-state index contributed by atoms with van der Waals surface area (Å²) in [5, 5.41) is 31.3. The van der Waals surface area contributed by atoms with Gasteiger partial charge in [-0.1, -0.05) is 6.07 Å². The van der Waals surface area contributed by atoms with Gasteiger partial charge in [-0.2, -0.15) is 0 Å². The molecule has 0 bridgehead atoms. The molecule has 21 heavy (non-hydrogen) atoms. The molecule has 4 N–H and O–H groups in total. The number of hydrogen-bond acceptors (Lipinski definition) is 4. The fourth-order valence-electron chi connectivity index (χ4n) is 2.21. The first kappa shape index (κ1) is 14.7. The molecule has 5 heteroatoms. The average molecular weight is 287 g/mol. The van der Waals surface area contributed by atoms with Gasteiger partial charge in [-0.25, -0.2) is 4.79 Å². The summed E-state index contributed by atoms with van der Waals surface area (Å²) in [6.45, 7) is 3.60. The van der Waals surface area contributed by atoms with Crippen molar-refractivity contribution in [2.24, 2.45) is 0 Å². The lowest BCUT2D eigenvalue weighted by molar-refractivity contribution is 0.0696. The third kappa shape index (κ3) is 3.25. The molecule has 0 aliphatic rings. The second-order valence-electron chi connectivity index (χ2n) is 4.93. The van der Waals surface area contributed by atoms with Gasteiger partial charge in [0.1, 0.15) is 11.5 Å². The number of benzene rings is 2. The van der Waals surface area contributed by atoms with Crippen molar-refractivity contribution in [2.45, 2.75) is 19.9 Å². The highest BCUT2D eigenvalue weighted by Gasteiger charge is 2.13. The predicted molar refractivity (Wildman–Crippen MR) is 79.9 cm³/mol. The molecule has 0 aliphatic heterocycles. The van der Waals surface area contributed by atoms with E-state index in [2.05, 4.69) is 5.32 Å². The van der Waals surface area contributed by atoms with E-state index < -0.39 is 5.97 Å². The fraction of sp³-hybridized carbons (Fsp3) is 0.188. The van der Waals surface area contributed by atoms with E-state index in [1.165, 1.54) is 6.07 Å². The lowest BCUT2D eigenvalue weighted by Crippen LogP contribution is -2.09. The van der Waals surface area contributed by atoms with Gasteiger partial charge < -0.3 is 20.6 Å². The van der Waals surface area contributed by atoms with Gasteiger partial charge in [-0.15, -0.1) is 0 Å². The molecular weight excluding hydrogens is 270 g/mol. The molecule has 0 radical (unpaired) electrons. The molecule has 1 unspecified atom stereocenters. The second-order valence-corrected chi connectivity index (χ2v) is 4.93. The molecule has 1 atom stereocenters. The number of carbonyl (C=O) groups is 1. The van der Waals surface area contributed by atoms with Crippen molar-refractivity contribution in [3.8, 4) is 11.5 Å². The SMILES string of the molecule is Cc1c(NC(C)c2cc(O)cc(O)c2)cccc1C(=O)O. The maximum absolute atomic E-state index is 11.1. The van der Waals surface area contributed by atoms with Gasteiger partial charge in [0, 0.05) is 17.8 Å². The third-order valence-corrected chi connectivity index (χ3v) is 3.36. The van der Waals surface area contributed by atoms with Crippen molar-refractivity contribution in [1.29, 1.82) is 0 Å². The molecule has 2 rings (SSSR count). The van der Waals surface area contributed by atoms with Crippen LogP contribution in [0.25, 0.3) is 0 Å². The van der Waals surface area contributed by atoms with Crippen LogP contribution in [0, 0.1) is 6.92 Å². The van der Waals surface area contributed by atoms with Crippen molar-refractivity contribution in [2.75, 3.05) is 5.32 Å². The van der Waals surface area contributed by atoms with Gasteiger partial charge in [-0.3, -0.25) is 0 Å². The molecule has 0 amide bonds. The monoisotopic (exact) mass is 287 g/mol. The van der Waals surface area contributed by atoms with Crippen molar-refractivity contribution in [3.05, 3.63) is 53.1 Å². The molecule has 0 spiro atoms. The molecule has 2 aromatic rings. The zero-order chi connectivity index (χ0) is 15.6. The van der Waals surface area contributed by atoms with Crippen molar-refractivity contribution >= 4 is 11.7 Å². The zero-order valence-electron chi connectivity index (χ0n) is 11.8. The predicted octanol–water partition coefficient (Wildman–Crippen LogP) is 3.28. The van der Waals surface area contributed by atoms with E-state index in [0.29, 0.717) is 16.8 Å². The van der Waals surface area contributed by atoms with E-state index in [9.17, 15) is 15.0 Å². The summed E-state index contributed by atoms with van der Waals surface area (Å²) in [5.41, 5.74) is 2.28. The Hall–Kier alpha value is -2.69. The normalized spacial score (nSPS) is 11.9. The van der Waals surface area contributed by atoms with Crippen LogP contribution in [-0.2, 0) is 0 Å². The number of anilines is 1. The van der Waals surface area contributed by atoms with Crippen LogP contribution in [-0.4, -0.2) is 21.3 Å². The van der Waals surface area contributed by atoms with Crippen molar-refractivity contribution in [1.82, 2.24) is 0 Å². The van der Waals surface area contributed by atoms with E-state index in [1.807, 2.05) is 6.92 Å². The Morgan fingerprint density at radius 2 is 1.76 bits per heavy atom. The Bertz CT molecular complexity index is 662. The molecule has 0 fully saturated rings. The Morgan fingerprint density at radius 3 is 2.33 bits per heavy atom.